The number of phenolic OH excluding ortho intramolecular Hbond substituents is 1. The highest BCUT2D eigenvalue weighted by atomic mass is 16.3. The summed E-state index contributed by atoms with van der Waals surface area (Å²) in [6.45, 7) is 3.29. The summed E-state index contributed by atoms with van der Waals surface area (Å²) >= 11 is 0. The minimum absolute atomic E-state index is 0.347. The van der Waals surface area contributed by atoms with E-state index in [4.69, 9.17) is 0 Å². The largest absolute Gasteiger partial charge is 0.508 e. The first-order valence-electron chi connectivity index (χ1n) is 5.68. The third-order valence-electron chi connectivity index (χ3n) is 2.65. The van der Waals surface area contributed by atoms with Gasteiger partial charge in [0, 0.05) is 0 Å². The summed E-state index contributed by atoms with van der Waals surface area (Å²) in [4.78, 5) is 0. The van der Waals surface area contributed by atoms with Gasteiger partial charge in [-0.25, -0.2) is 0 Å². The molecule has 0 aliphatic heterocycles. The van der Waals surface area contributed by atoms with E-state index in [2.05, 4.69) is 12.2 Å². The van der Waals surface area contributed by atoms with Gasteiger partial charge in [0.25, 0.3) is 0 Å². The molecule has 0 saturated carbocycles. The highest BCUT2D eigenvalue weighted by molar-refractivity contribution is 5.26. The molecule has 1 rings (SSSR count). The summed E-state index contributed by atoms with van der Waals surface area (Å²) in [5, 5.41) is 12.4. The van der Waals surface area contributed by atoms with E-state index in [0.29, 0.717) is 11.7 Å². The van der Waals surface area contributed by atoms with E-state index in [1.807, 2.05) is 19.2 Å². The highest BCUT2D eigenvalue weighted by Gasteiger charge is 2.07. The van der Waals surface area contributed by atoms with Crippen molar-refractivity contribution >= 4 is 0 Å². The van der Waals surface area contributed by atoms with Crippen LogP contribution in [0.4, 0.5) is 0 Å². The summed E-state index contributed by atoms with van der Waals surface area (Å²) in [7, 11) is 2.00. The zero-order valence-corrected chi connectivity index (χ0v) is 9.66. The Morgan fingerprint density at radius 1 is 1.27 bits per heavy atom. The molecule has 1 atom stereocenters. The zero-order valence-electron chi connectivity index (χ0n) is 9.66. The molecule has 84 valence electrons. The molecule has 0 aliphatic carbocycles. The number of rotatable bonds is 6. The topological polar surface area (TPSA) is 32.3 Å². The van der Waals surface area contributed by atoms with E-state index in [0.717, 1.165) is 13.0 Å². The Morgan fingerprint density at radius 2 is 1.93 bits per heavy atom. The first kappa shape index (κ1) is 12.1. The molecule has 0 aromatic heterocycles. The Kier molecular flexibility index (Phi) is 5.19. The van der Waals surface area contributed by atoms with E-state index in [-0.39, 0.29) is 0 Å². The van der Waals surface area contributed by atoms with Gasteiger partial charge in [-0.1, -0.05) is 25.5 Å². The lowest BCUT2D eigenvalue weighted by molar-refractivity contribution is 0.454. The average molecular weight is 207 g/mol. The molecule has 15 heavy (non-hydrogen) atoms. The van der Waals surface area contributed by atoms with Crippen molar-refractivity contribution in [3.05, 3.63) is 29.8 Å². The van der Waals surface area contributed by atoms with Crippen molar-refractivity contribution in [3.8, 4) is 5.75 Å². The number of benzene rings is 1. The quantitative estimate of drug-likeness (QED) is 0.751. The molecule has 2 heteroatoms. The molecular weight excluding hydrogens is 186 g/mol. The number of phenols is 1. The van der Waals surface area contributed by atoms with Crippen LogP contribution in [0, 0.1) is 5.92 Å². The summed E-state index contributed by atoms with van der Waals surface area (Å²) in [6, 6.07) is 7.54. The molecular formula is C13H21NO. The van der Waals surface area contributed by atoms with E-state index in [1.165, 1.54) is 18.4 Å². The third-order valence-corrected chi connectivity index (χ3v) is 2.65. The lowest BCUT2D eigenvalue weighted by Gasteiger charge is -2.15. The van der Waals surface area contributed by atoms with Gasteiger partial charge in [-0.05, 0) is 50.0 Å². The van der Waals surface area contributed by atoms with Crippen molar-refractivity contribution in [3.63, 3.8) is 0 Å². The molecule has 0 saturated heterocycles. The maximum Gasteiger partial charge on any atom is 0.115 e. The van der Waals surface area contributed by atoms with Crippen molar-refractivity contribution in [2.45, 2.75) is 26.2 Å². The predicted octanol–water partition coefficient (Wildman–Crippen LogP) is 2.57. The van der Waals surface area contributed by atoms with Gasteiger partial charge in [-0.15, -0.1) is 0 Å². The van der Waals surface area contributed by atoms with Crippen molar-refractivity contribution in [2.24, 2.45) is 5.92 Å². The molecule has 0 aliphatic rings. The monoisotopic (exact) mass is 207 g/mol. The Balaban J connectivity index is 2.53. The van der Waals surface area contributed by atoms with Gasteiger partial charge in [-0.3, -0.25) is 0 Å². The van der Waals surface area contributed by atoms with Crippen molar-refractivity contribution in [1.29, 1.82) is 0 Å². The normalized spacial score (nSPS) is 12.7. The maximum atomic E-state index is 9.19. The van der Waals surface area contributed by atoms with Crippen LogP contribution in [0.2, 0.25) is 0 Å². The van der Waals surface area contributed by atoms with Crippen LogP contribution in [0.1, 0.15) is 25.3 Å². The van der Waals surface area contributed by atoms with E-state index < -0.39 is 0 Å². The fraction of sp³-hybridized carbons (Fsp3) is 0.538. The summed E-state index contributed by atoms with van der Waals surface area (Å²) in [6.07, 6.45) is 3.57. The summed E-state index contributed by atoms with van der Waals surface area (Å²) in [5.41, 5.74) is 1.31. The Morgan fingerprint density at radius 3 is 2.47 bits per heavy atom. The van der Waals surface area contributed by atoms with E-state index in [1.54, 1.807) is 12.1 Å². The van der Waals surface area contributed by atoms with Crippen LogP contribution in [0.15, 0.2) is 24.3 Å². The summed E-state index contributed by atoms with van der Waals surface area (Å²) in [5.74, 6) is 1.05. The second-order valence-electron chi connectivity index (χ2n) is 4.08. The smallest absolute Gasteiger partial charge is 0.115 e. The molecule has 0 fully saturated rings. The zero-order chi connectivity index (χ0) is 11.1. The molecule has 1 aromatic rings. The highest BCUT2D eigenvalue weighted by Crippen LogP contribution is 2.16. The Bertz CT molecular complexity index is 262. The van der Waals surface area contributed by atoms with Gasteiger partial charge in [0.1, 0.15) is 5.75 Å². The van der Waals surface area contributed by atoms with Crippen LogP contribution < -0.4 is 5.32 Å². The number of aromatic hydroxyl groups is 1. The standard InChI is InChI=1S/C13H21NO/c1-3-4-12(10-14-2)9-11-5-7-13(15)8-6-11/h5-8,12,14-15H,3-4,9-10H2,1-2H3. The fourth-order valence-electron chi connectivity index (χ4n) is 1.94. The second-order valence-corrected chi connectivity index (χ2v) is 4.08. The van der Waals surface area contributed by atoms with Gasteiger partial charge in [0.2, 0.25) is 0 Å². The predicted molar refractivity (Wildman–Crippen MR) is 64.1 cm³/mol. The van der Waals surface area contributed by atoms with Crippen molar-refractivity contribution in [1.82, 2.24) is 5.32 Å². The number of hydrogen-bond donors (Lipinski definition) is 2. The molecule has 2 nitrogen and oxygen atoms in total. The third kappa shape index (κ3) is 4.34. The van der Waals surface area contributed by atoms with Crippen LogP contribution in [-0.2, 0) is 6.42 Å². The molecule has 0 bridgehead atoms. The van der Waals surface area contributed by atoms with Crippen LogP contribution in [-0.4, -0.2) is 18.7 Å². The van der Waals surface area contributed by atoms with Crippen LogP contribution in [0.3, 0.4) is 0 Å². The first-order valence-corrected chi connectivity index (χ1v) is 5.68. The number of hydrogen-bond acceptors (Lipinski definition) is 2. The SMILES string of the molecule is CCCC(CNC)Cc1ccc(O)cc1. The molecule has 1 unspecified atom stereocenters. The number of nitrogens with one attached hydrogen (secondary N) is 1. The molecule has 0 heterocycles. The summed E-state index contributed by atoms with van der Waals surface area (Å²) < 4.78 is 0. The molecule has 0 amide bonds. The molecule has 0 radical (unpaired) electrons. The van der Waals surface area contributed by atoms with Crippen molar-refractivity contribution in [2.75, 3.05) is 13.6 Å². The van der Waals surface area contributed by atoms with E-state index >= 15 is 0 Å². The molecule has 0 spiro atoms. The van der Waals surface area contributed by atoms with Gasteiger partial charge < -0.3 is 10.4 Å². The minimum Gasteiger partial charge on any atom is -0.508 e. The fourth-order valence-corrected chi connectivity index (χ4v) is 1.94. The Hall–Kier alpha value is -1.02. The van der Waals surface area contributed by atoms with Crippen molar-refractivity contribution < 1.29 is 5.11 Å². The first-order chi connectivity index (χ1) is 7.26. The average Bonchev–Trinajstić information content (AvgIpc) is 2.22. The lowest BCUT2D eigenvalue weighted by Crippen LogP contribution is -2.20. The maximum absolute atomic E-state index is 9.19. The van der Waals surface area contributed by atoms with Gasteiger partial charge in [0.05, 0.1) is 0 Å². The van der Waals surface area contributed by atoms with Gasteiger partial charge >= 0.3 is 0 Å². The van der Waals surface area contributed by atoms with E-state index in [9.17, 15) is 5.11 Å². The second kappa shape index (κ2) is 6.46. The van der Waals surface area contributed by atoms with Gasteiger partial charge in [0.15, 0.2) is 0 Å². The molecule has 1 aromatic carbocycles. The minimum atomic E-state index is 0.347. The van der Waals surface area contributed by atoms with Crippen LogP contribution in [0.5, 0.6) is 5.75 Å². The van der Waals surface area contributed by atoms with Crippen LogP contribution >= 0.6 is 0 Å². The van der Waals surface area contributed by atoms with Gasteiger partial charge in [-0.2, -0.15) is 0 Å². The van der Waals surface area contributed by atoms with Crippen LogP contribution in [0.25, 0.3) is 0 Å². The lowest BCUT2D eigenvalue weighted by atomic mass is 9.95. The molecule has 2 N–H and O–H groups in total. The Labute approximate surface area is 92.3 Å².